The molecule has 0 aliphatic heterocycles. The molecule has 0 N–H and O–H groups in total. The maximum atomic E-state index is 11.9. The molecule has 0 saturated heterocycles. The van der Waals surface area contributed by atoms with E-state index >= 15 is 0 Å². The lowest BCUT2D eigenvalue weighted by Crippen LogP contribution is -2.27. The summed E-state index contributed by atoms with van der Waals surface area (Å²) in [6.07, 6.45) is 5.08. The van der Waals surface area contributed by atoms with E-state index in [2.05, 4.69) is 5.92 Å². The summed E-state index contributed by atoms with van der Waals surface area (Å²) in [4.78, 5) is 23.1. The Hall–Kier alpha value is -2.06. The molecule has 0 fully saturated rings. The Labute approximate surface area is 103 Å². The maximum Gasteiger partial charge on any atom is 0.288 e. The minimum Gasteiger partial charge on any atom is -0.331 e. The summed E-state index contributed by atoms with van der Waals surface area (Å²) in [5.74, 6) is 1.86. The molecule has 0 bridgehead atoms. The van der Waals surface area contributed by atoms with Crippen molar-refractivity contribution in [1.82, 2.24) is 4.90 Å². The monoisotopic (exact) mass is 252 g/mol. The van der Waals surface area contributed by atoms with Gasteiger partial charge in [-0.1, -0.05) is 23.6 Å². The number of terminal acetylenes is 1. The summed E-state index contributed by atoms with van der Waals surface area (Å²) >= 11 is 5.80. The summed E-state index contributed by atoms with van der Waals surface area (Å²) in [5, 5.41) is 10.5. The van der Waals surface area contributed by atoms with Crippen molar-refractivity contribution in [2.45, 2.75) is 0 Å². The van der Waals surface area contributed by atoms with Crippen LogP contribution >= 0.6 is 11.6 Å². The fraction of sp³-hybridized carbons (Fsp3) is 0.182. The standard InChI is InChI=1S/C11H9ClN2O3/c1-3-7-13(2)11(15)8-5-4-6-9(10(8)12)14(16)17/h1,4-6H,7H2,2H3. The van der Waals surface area contributed by atoms with Crippen LogP contribution in [0, 0.1) is 22.5 Å². The van der Waals surface area contributed by atoms with Crippen LogP contribution in [0.15, 0.2) is 18.2 Å². The lowest BCUT2D eigenvalue weighted by molar-refractivity contribution is -0.384. The van der Waals surface area contributed by atoms with Gasteiger partial charge in [0, 0.05) is 13.1 Å². The zero-order chi connectivity index (χ0) is 13.0. The van der Waals surface area contributed by atoms with E-state index < -0.39 is 10.8 Å². The van der Waals surface area contributed by atoms with Crippen molar-refractivity contribution in [3.05, 3.63) is 38.9 Å². The van der Waals surface area contributed by atoms with Crippen molar-refractivity contribution < 1.29 is 9.72 Å². The Balaban J connectivity index is 3.16. The van der Waals surface area contributed by atoms with E-state index in [-0.39, 0.29) is 22.8 Å². The van der Waals surface area contributed by atoms with Crippen LogP contribution in [-0.4, -0.2) is 29.3 Å². The zero-order valence-corrected chi connectivity index (χ0v) is 9.77. The van der Waals surface area contributed by atoms with Gasteiger partial charge >= 0.3 is 0 Å². The average molecular weight is 253 g/mol. The number of amides is 1. The number of nitro groups is 1. The first-order chi connectivity index (χ1) is 7.99. The molecule has 1 amide bonds. The van der Waals surface area contributed by atoms with Crippen molar-refractivity contribution in [3.8, 4) is 12.3 Å². The van der Waals surface area contributed by atoms with Crippen molar-refractivity contribution in [2.75, 3.05) is 13.6 Å². The van der Waals surface area contributed by atoms with Crippen LogP contribution in [0.4, 0.5) is 5.69 Å². The van der Waals surface area contributed by atoms with Crippen LogP contribution in [0.2, 0.25) is 5.02 Å². The second-order valence-electron chi connectivity index (χ2n) is 3.26. The van der Waals surface area contributed by atoms with E-state index in [1.165, 1.54) is 30.1 Å². The highest BCUT2D eigenvalue weighted by atomic mass is 35.5. The number of hydrogen-bond donors (Lipinski definition) is 0. The summed E-state index contributed by atoms with van der Waals surface area (Å²) in [6.45, 7) is 0.109. The molecule has 0 radical (unpaired) electrons. The fourth-order valence-corrected chi connectivity index (χ4v) is 1.52. The summed E-state index contributed by atoms with van der Waals surface area (Å²) < 4.78 is 0. The normalized spacial score (nSPS) is 9.47. The smallest absolute Gasteiger partial charge is 0.288 e. The third kappa shape index (κ3) is 2.74. The molecule has 88 valence electrons. The van der Waals surface area contributed by atoms with Gasteiger partial charge < -0.3 is 4.90 Å². The summed E-state index contributed by atoms with van der Waals surface area (Å²) in [7, 11) is 1.50. The van der Waals surface area contributed by atoms with Gasteiger partial charge in [0.05, 0.1) is 17.0 Å². The molecule has 17 heavy (non-hydrogen) atoms. The van der Waals surface area contributed by atoms with Crippen molar-refractivity contribution in [1.29, 1.82) is 0 Å². The molecule has 6 heteroatoms. The highest BCUT2D eigenvalue weighted by Gasteiger charge is 2.21. The Bertz CT molecular complexity index is 508. The molecule has 0 aromatic heterocycles. The number of nitro benzene ring substituents is 1. The molecule has 1 rings (SSSR count). The molecule has 0 unspecified atom stereocenters. The minimum absolute atomic E-state index is 0.0682. The summed E-state index contributed by atoms with van der Waals surface area (Å²) in [6, 6.07) is 4.06. The van der Waals surface area contributed by atoms with Crippen LogP contribution in [-0.2, 0) is 0 Å². The van der Waals surface area contributed by atoms with Crippen molar-refractivity contribution >= 4 is 23.2 Å². The first-order valence-corrected chi connectivity index (χ1v) is 4.98. The first kappa shape index (κ1) is 13.0. The highest BCUT2D eigenvalue weighted by Crippen LogP contribution is 2.28. The number of hydrogen-bond acceptors (Lipinski definition) is 3. The lowest BCUT2D eigenvalue weighted by atomic mass is 10.1. The number of rotatable bonds is 3. The largest absolute Gasteiger partial charge is 0.331 e. The van der Waals surface area contributed by atoms with E-state index in [4.69, 9.17) is 18.0 Å². The van der Waals surface area contributed by atoms with E-state index in [9.17, 15) is 14.9 Å². The minimum atomic E-state index is -0.639. The van der Waals surface area contributed by atoms with E-state index in [1.54, 1.807) is 0 Å². The van der Waals surface area contributed by atoms with Crippen LogP contribution < -0.4 is 0 Å². The van der Waals surface area contributed by atoms with Gasteiger partial charge in [0.25, 0.3) is 11.6 Å². The van der Waals surface area contributed by atoms with E-state index in [0.717, 1.165) is 0 Å². The number of carbonyl (C=O) groups is 1. The number of nitrogens with zero attached hydrogens (tertiary/aromatic N) is 2. The fourth-order valence-electron chi connectivity index (χ4n) is 1.24. The van der Waals surface area contributed by atoms with Gasteiger partial charge in [-0.25, -0.2) is 0 Å². The molecular formula is C11H9ClN2O3. The predicted molar refractivity (Wildman–Crippen MR) is 63.9 cm³/mol. The highest BCUT2D eigenvalue weighted by molar-refractivity contribution is 6.35. The number of carbonyl (C=O) groups excluding carboxylic acids is 1. The SMILES string of the molecule is C#CCN(C)C(=O)c1cccc([N+](=O)[O-])c1Cl. The molecule has 1 aromatic carbocycles. The molecule has 1 aromatic rings. The van der Waals surface area contributed by atoms with Gasteiger partial charge in [0.1, 0.15) is 5.02 Å². The van der Waals surface area contributed by atoms with Crippen LogP contribution in [0.5, 0.6) is 0 Å². The molecule has 0 heterocycles. The van der Waals surface area contributed by atoms with Crippen molar-refractivity contribution in [3.63, 3.8) is 0 Å². The molecule has 0 aliphatic carbocycles. The van der Waals surface area contributed by atoms with Crippen LogP contribution in [0.1, 0.15) is 10.4 Å². The molecule has 0 atom stereocenters. The molecule has 0 saturated carbocycles. The van der Waals surface area contributed by atoms with E-state index in [0.29, 0.717) is 0 Å². The number of benzene rings is 1. The topological polar surface area (TPSA) is 63.5 Å². The Morgan fingerprint density at radius 3 is 2.82 bits per heavy atom. The third-order valence-electron chi connectivity index (χ3n) is 2.08. The zero-order valence-electron chi connectivity index (χ0n) is 9.01. The molecular weight excluding hydrogens is 244 g/mol. The first-order valence-electron chi connectivity index (χ1n) is 4.61. The quantitative estimate of drug-likeness (QED) is 0.469. The third-order valence-corrected chi connectivity index (χ3v) is 2.48. The van der Waals surface area contributed by atoms with E-state index in [1.807, 2.05) is 0 Å². The Morgan fingerprint density at radius 2 is 2.29 bits per heavy atom. The lowest BCUT2D eigenvalue weighted by Gasteiger charge is -2.14. The maximum absolute atomic E-state index is 11.9. The van der Waals surface area contributed by atoms with Crippen molar-refractivity contribution in [2.24, 2.45) is 0 Å². The molecule has 5 nitrogen and oxygen atoms in total. The van der Waals surface area contributed by atoms with Gasteiger partial charge in [-0.2, -0.15) is 0 Å². The van der Waals surface area contributed by atoms with Gasteiger partial charge in [-0.05, 0) is 6.07 Å². The Morgan fingerprint density at radius 1 is 1.65 bits per heavy atom. The van der Waals surface area contributed by atoms with Crippen LogP contribution in [0.3, 0.4) is 0 Å². The molecule has 0 spiro atoms. The summed E-state index contributed by atoms with van der Waals surface area (Å²) in [5.41, 5.74) is -0.231. The Kier molecular flexibility index (Phi) is 4.07. The number of halogens is 1. The van der Waals surface area contributed by atoms with Gasteiger partial charge in [0.15, 0.2) is 0 Å². The van der Waals surface area contributed by atoms with Crippen LogP contribution in [0.25, 0.3) is 0 Å². The molecule has 0 aliphatic rings. The van der Waals surface area contributed by atoms with Gasteiger partial charge in [0.2, 0.25) is 0 Å². The second-order valence-corrected chi connectivity index (χ2v) is 3.64. The van der Waals surface area contributed by atoms with Gasteiger partial charge in [-0.15, -0.1) is 6.42 Å². The predicted octanol–water partition coefficient (Wildman–Crippen LogP) is 1.95. The average Bonchev–Trinajstić information content (AvgIpc) is 2.28. The second kappa shape index (κ2) is 5.32. The van der Waals surface area contributed by atoms with Gasteiger partial charge in [-0.3, -0.25) is 14.9 Å².